The Bertz CT molecular complexity index is 287. The third kappa shape index (κ3) is 4.08. The molecule has 1 unspecified atom stereocenters. The molecule has 0 aromatic heterocycles. The van der Waals surface area contributed by atoms with Gasteiger partial charge in [-0.15, -0.1) is 0 Å². The van der Waals surface area contributed by atoms with Crippen LogP contribution in [0.2, 0.25) is 0 Å². The Morgan fingerprint density at radius 1 is 1.62 bits per heavy atom. The van der Waals surface area contributed by atoms with E-state index in [9.17, 15) is 4.79 Å². The number of carbonyl (C=O) groups excluding carboxylic acids is 1. The fourth-order valence-corrected chi connectivity index (χ4v) is 2.30. The Balaban J connectivity index is 2.39. The van der Waals surface area contributed by atoms with Crippen LogP contribution in [0.15, 0.2) is 5.16 Å². The van der Waals surface area contributed by atoms with Crippen LogP contribution < -0.4 is 11.1 Å². The van der Waals surface area contributed by atoms with E-state index in [-0.39, 0.29) is 24.2 Å². The number of nitrogens with zero attached hydrogens (tertiary/aromatic N) is 1. The molecule has 0 aromatic rings. The van der Waals surface area contributed by atoms with Gasteiger partial charge in [0, 0.05) is 6.04 Å². The average molecular weight is 227 g/mol. The van der Waals surface area contributed by atoms with Crippen molar-refractivity contribution >= 4 is 11.7 Å². The summed E-state index contributed by atoms with van der Waals surface area (Å²) in [6.45, 7) is 4.43. The molecule has 0 radical (unpaired) electrons. The first-order chi connectivity index (χ1) is 7.43. The molecule has 1 atom stereocenters. The smallest absolute Gasteiger partial charge is 0.227 e. The second kappa shape index (κ2) is 5.18. The molecule has 1 amide bonds. The summed E-state index contributed by atoms with van der Waals surface area (Å²) in [4.78, 5) is 11.5. The zero-order valence-corrected chi connectivity index (χ0v) is 9.99. The molecule has 0 saturated heterocycles. The molecule has 0 heterocycles. The van der Waals surface area contributed by atoms with Crippen molar-refractivity contribution in [2.75, 3.05) is 0 Å². The van der Waals surface area contributed by atoms with Gasteiger partial charge in [-0.25, -0.2) is 0 Å². The minimum atomic E-state index is -0.169. The highest BCUT2D eigenvalue weighted by molar-refractivity contribution is 5.98. The molecule has 1 saturated carbocycles. The summed E-state index contributed by atoms with van der Waals surface area (Å²) >= 11 is 0. The minimum Gasteiger partial charge on any atom is -0.409 e. The van der Waals surface area contributed by atoms with Crippen LogP contribution in [0.3, 0.4) is 0 Å². The van der Waals surface area contributed by atoms with Crippen LogP contribution >= 0.6 is 0 Å². The maximum Gasteiger partial charge on any atom is 0.227 e. The Morgan fingerprint density at radius 2 is 2.31 bits per heavy atom. The lowest BCUT2D eigenvalue weighted by molar-refractivity contribution is -0.121. The van der Waals surface area contributed by atoms with Gasteiger partial charge in [0.05, 0.1) is 6.42 Å². The van der Waals surface area contributed by atoms with E-state index in [1.54, 1.807) is 0 Å². The molecule has 1 aliphatic carbocycles. The molecule has 0 aromatic carbocycles. The summed E-state index contributed by atoms with van der Waals surface area (Å²) in [5.74, 6) is -0.217. The minimum absolute atomic E-state index is 0.0343. The van der Waals surface area contributed by atoms with E-state index in [1.165, 1.54) is 6.42 Å². The van der Waals surface area contributed by atoms with E-state index < -0.39 is 0 Å². The summed E-state index contributed by atoms with van der Waals surface area (Å²) in [7, 11) is 0. The number of oxime groups is 1. The summed E-state index contributed by atoms with van der Waals surface area (Å²) in [6, 6.07) is 0.225. The van der Waals surface area contributed by atoms with Crippen LogP contribution in [-0.4, -0.2) is 23.0 Å². The van der Waals surface area contributed by atoms with Gasteiger partial charge in [0.15, 0.2) is 0 Å². The quantitative estimate of drug-likeness (QED) is 0.293. The van der Waals surface area contributed by atoms with Crippen molar-refractivity contribution in [1.29, 1.82) is 0 Å². The van der Waals surface area contributed by atoms with Gasteiger partial charge in [-0.2, -0.15) is 0 Å². The van der Waals surface area contributed by atoms with Crippen molar-refractivity contribution in [1.82, 2.24) is 5.32 Å². The molecule has 5 heteroatoms. The van der Waals surface area contributed by atoms with Gasteiger partial charge in [0.1, 0.15) is 5.84 Å². The lowest BCUT2D eigenvalue weighted by Gasteiger charge is -2.35. The predicted octanol–water partition coefficient (Wildman–Crippen LogP) is 1.21. The molecule has 0 bridgehead atoms. The fourth-order valence-electron chi connectivity index (χ4n) is 2.30. The number of amidine groups is 1. The molecule has 0 spiro atoms. The summed E-state index contributed by atoms with van der Waals surface area (Å²) in [5, 5.41) is 14.1. The average Bonchev–Trinajstić information content (AvgIpc) is 2.15. The highest BCUT2D eigenvalue weighted by Gasteiger charge is 2.28. The van der Waals surface area contributed by atoms with E-state index in [2.05, 4.69) is 24.3 Å². The Hall–Kier alpha value is -1.26. The first-order valence-corrected chi connectivity index (χ1v) is 5.69. The first kappa shape index (κ1) is 12.8. The molecular formula is C11H21N3O2. The van der Waals surface area contributed by atoms with Crippen LogP contribution in [0.1, 0.15) is 46.0 Å². The van der Waals surface area contributed by atoms with Gasteiger partial charge in [-0.1, -0.05) is 25.4 Å². The summed E-state index contributed by atoms with van der Waals surface area (Å²) in [5.41, 5.74) is 5.57. The highest BCUT2D eigenvalue weighted by atomic mass is 16.4. The summed E-state index contributed by atoms with van der Waals surface area (Å²) in [6.07, 6.45) is 4.33. The van der Waals surface area contributed by atoms with E-state index in [4.69, 9.17) is 10.9 Å². The second-order valence-corrected chi connectivity index (χ2v) is 5.29. The molecule has 5 nitrogen and oxygen atoms in total. The molecule has 4 N–H and O–H groups in total. The first-order valence-electron chi connectivity index (χ1n) is 5.69. The van der Waals surface area contributed by atoms with Crippen LogP contribution in [0, 0.1) is 5.41 Å². The lowest BCUT2D eigenvalue weighted by atomic mass is 9.75. The zero-order valence-electron chi connectivity index (χ0n) is 9.99. The maximum absolute atomic E-state index is 11.5. The second-order valence-electron chi connectivity index (χ2n) is 5.29. The standard InChI is InChI=1S/C11H21N3O2/c1-11(2)5-3-4-8(7-11)13-10(15)6-9(12)14-16/h8,16H,3-7H2,1-2H3,(H2,12,14)(H,13,15). The van der Waals surface area contributed by atoms with Gasteiger partial charge in [-0.05, 0) is 24.7 Å². The molecule has 92 valence electrons. The van der Waals surface area contributed by atoms with Gasteiger partial charge < -0.3 is 16.3 Å². The van der Waals surface area contributed by atoms with Crippen LogP contribution in [-0.2, 0) is 4.79 Å². The van der Waals surface area contributed by atoms with Crippen molar-refractivity contribution in [3.63, 3.8) is 0 Å². The molecule has 0 aliphatic heterocycles. The molecule has 1 aliphatic rings. The van der Waals surface area contributed by atoms with Gasteiger partial charge in [0.2, 0.25) is 5.91 Å². The van der Waals surface area contributed by atoms with Crippen molar-refractivity contribution < 1.29 is 10.0 Å². The number of nitrogens with one attached hydrogen (secondary N) is 1. The SMILES string of the molecule is CC1(C)CCCC(NC(=O)CC(N)=NO)C1. The number of amides is 1. The number of hydrogen-bond donors (Lipinski definition) is 3. The Morgan fingerprint density at radius 3 is 2.88 bits per heavy atom. The van der Waals surface area contributed by atoms with Gasteiger partial charge >= 0.3 is 0 Å². The Kier molecular flexibility index (Phi) is 4.15. The summed E-state index contributed by atoms with van der Waals surface area (Å²) < 4.78 is 0. The van der Waals surface area contributed by atoms with Crippen molar-refractivity contribution in [2.45, 2.75) is 52.0 Å². The monoisotopic (exact) mass is 227 g/mol. The molecule has 16 heavy (non-hydrogen) atoms. The van der Waals surface area contributed by atoms with Crippen molar-refractivity contribution in [3.05, 3.63) is 0 Å². The fraction of sp³-hybridized carbons (Fsp3) is 0.818. The number of carbonyl (C=O) groups is 1. The highest BCUT2D eigenvalue weighted by Crippen LogP contribution is 2.34. The maximum atomic E-state index is 11.5. The van der Waals surface area contributed by atoms with E-state index >= 15 is 0 Å². The predicted molar refractivity (Wildman–Crippen MR) is 62.2 cm³/mol. The van der Waals surface area contributed by atoms with E-state index in [1.807, 2.05) is 0 Å². The number of hydrogen-bond acceptors (Lipinski definition) is 3. The van der Waals surface area contributed by atoms with Crippen LogP contribution in [0.4, 0.5) is 0 Å². The van der Waals surface area contributed by atoms with Crippen molar-refractivity contribution in [3.8, 4) is 0 Å². The van der Waals surface area contributed by atoms with Gasteiger partial charge in [-0.3, -0.25) is 4.79 Å². The molecule has 1 rings (SSSR count). The Labute approximate surface area is 96.1 Å². The molecular weight excluding hydrogens is 206 g/mol. The normalized spacial score (nSPS) is 25.1. The third-order valence-electron chi connectivity index (χ3n) is 3.04. The van der Waals surface area contributed by atoms with E-state index in [0.717, 1.165) is 19.3 Å². The van der Waals surface area contributed by atoms with Gasteiger partial charge in [0.25, 0.3) is 0 Å². The van der Waals surface area contributed by atoms with Crippen LogP contribution in [0.25, 0.3) is 0 Å². The number of nitrogens with two attached hydrogens (primary N) is 1. The topological polar surface area (TPSA) is 87.7 Å². The van der Waals surface area contributed by atoms with Crippen LogP contribution in [0.5, 0.6) is 0 Å². The number of rotatable bonds is 3. The zero-order chi connectivity index (χ0) is 12.2. The van der Waals surface area contributed by atoms with E-state index in [0.29, 0.717) is 5.41 Å². The largest absolute Gasteiger partial charge is 0.409 e. The van der Waals surface area contributed by atoms with Crippen molar-refractivity contribution in [2.24, 2.45) is 16.3 Å². The third-order valence-corrected chi connectivity index (χ3v) is 3.04. The lowest BCUT2D eigenvalue weighted by Crippen LogP contribution is -2.41. The molecule has 1 fully saturated rings.